The number of benzene rings is 1. The van der Waals surface area contributed by atoms with Gasteiger partial charge in [-0.15, -0.1) is 0 Å². The first-order chi connectivity index (χ1) is 20.1. The largest absolute Gasteiger partial charge is 0.488 e. The summed E-state index contributed by atoms with van der Waals surface area (Å²) in [5, 5.41) is 21.8. The summed E-state index contributed by atoms with van der Waals surface area (Å²) >= 11 is 0. The quantitative estimate of drug-likeness (QED) is 0.380. The van der Waals surface area contributed by atoms with Crippen molar-refractivity contribution < 1.29 is 32.9 Å². The van der Waals surface area contributed by atoms with Gasteiger partial charge in [0.1, 0.15) is 11.4 Å². The molecule has 4 aliphatic carbocycles. The molecule has 1 heterocycles. The van der Waals surface area contributed by atoms with Crippen molar-refractivity contribution in [3.8, 4) is 5.75 Å². The van der Waals surface area contributed by atoms with Crippen LogP contribution < -0.4 is 9.46 Å². The highest BCUT2D eigenvalue weighted by atomic mass is 32.2. The van der Waals surface area contributed by atoms with E-state index in [0.29, 0.717) is 35.8 Å². The van der Waals surface area contributed by atoms with Crippen LogP contribution >= 0.6 is 0 Å². The number of fused-ring (bicyclic) bond motifs is 6. The fourth-order valence-electron chi connectivity index (χ4n) is 10.5. The van der Waals surface area contributed by atoms with E-state index in [1.165, 1.54) is 6.07 Å². The molecule has 1 aromatic carbocycles. The highest BCUT2D eigenvalue weighted by molar-refractivity contribution is 7.90. The van der Waals surface area contributed by atoms with Gasteiger partial charge in [-0.1, -0.05) is 20.8 Å². The van der Waals surface area contributed by atoms with Crippen molar-refractivity contribution in [1.29, 1.82) is 0 Å². The van der Waals surface area contributed by atoms with Crippen molar-refractivity contribution in [3.63, 3.8) is 0 Å². The van der Waals surface area contributed by atoms with Gasteiger partial charge >= 0.3 is 6.09 Å². The van der Waals surface area contributed by atoms with E-state index in [9.17, 15) is 23.4 Å². The molecule has 0 aromatic heterocycles. The maximum Gasteiger partial charge on any atom is 0.421 e. The predicted molar refractivity (Wildman–Crippen MR) is 163 cm³/mol. The van der Waals surface area contributed by atoms with Crippen LogP contribution in [0.1, 0.15) is 98.0 Å². The Morgan fingerprint density at radius 2 is 1.74 bits per heavy atom. The zero-order chi connectivity index (χ0) is 30.9. The Balaban J connectivity index is 1.08. The van der Waals surface area contributed by atoms with Gasteiger partial charge in [-0.3, -0.25) is 0 Å². The second-order valence-electron chi connectivity index (χ2n) is 15.8. The smallest absolute Gasteiger partial charge is 0.421 e. The molecule has 1 amide bonds. The number of amides is 1. The molecule has 0 bridgehead atoms. The average Bonchev–Trinajstić information content (AvgIpc) is 3.29. The molecule has 43 heavy (non-hydrogen) atoms. The summed E-state index contributed by atoms with van der Waals surface area (Å²) in [5.74, 6) is 2.64. The molecular formula is C34H51NO7S. The topological polar surface area (TPSA) is 122 Å². The molecule has 240 valence electrons. The third-order valence-electron chi connectivity index (χ3n) is 12.8. The lowest BCUT2D eigenvalue weighted by Crippen LogP contribution is -2.58. The highest BCUT2D eigenvalue weighted by Gasteiger charge is 2.63. The molecule has 8 nitrogen and oxygen atoms in total. The van der Waals surface area contributed by atoms with Gasteiger partial charge in [0, 0.05) is 0 Å². The average molecular weight is 618 g/mol. The lowest BCUT2D eigenvalue weighted by Gasteiger charge is -2.62. The number of hydrogen-bond acceptors (Lipinski definition) is 7. The lowest BCUT2D eigenvalue weighted by atomic mass is 9.43. The van der Waals surface area contributed by atoms with E-state index in [4.69, 9.17) is 9.47 Å². The summed E-state index contributed by atoms with van der Waals surface area (Å²) in [6.45, 7) is 11.1. The van der Waals surface area contributed by atoms with Crippen LogP contribution in [0.3, 0.4) is 0 Å². The molecule has 1 aromatic rings. The van der Waals surface area contributed by atoms with Gasteiger partial charge in [0.2, 0.25) is 0 Å². The molecule has 4 saturated carbocycles. The Morgan fingerprint density at radius 3 is 2.51 bits per heavy atom. The molecule has 1 aliphatic heterocycles. The third-order valence-corrected chi connectivity index (χ3v) is 14.1. The Morgan fingerprint density at radius 1 is 1.02 bits per heavy atom. The monoisotopic (exact) mass is 617 g/mol. The van der Waals surface area contributed by atoms with E-state index in [2.05, 4.69) is 25.5 Å². The van der Waals surface area contributed by atoms with Crippen LogP contribution in [-0.2, 0) is 21.2 Å². The van der Waals surface area contributed by atoms with Crippen LogP contribution in [0.2, 0.25) is 0 Å². The van der Waals surface area contributed by atoms with E-state index < -0.39 is 16.1 Å². The second-order valence-corrected chi connectivity index (χ2v) is 17.4. The minimum absolute atomic E-state index is 0.0249. The Labute approximate surface area is 257 Å². The van der Waals surface area contributed by atoms with Gasteiger partial charge in [-0.05, 0) is 148 Å². The maximum atomic E-state index is 13.0. The van der Waals surface area contributed by atoms with Crippen molar-refractivity contribution in [1.82, 2.24) is 4.72 Å². The molecule has 9 heteroatoms. The normalized spacial score (nSPS) is 40.6. The van der Waals surface area contributed by atoms with Gasteiger partial charge in [-0.2, -0.15) is 0 Å². The predicted octanol–water partition coefficient (Wildman–Crippen LogP) is 5.83. The fraction of sp³-hybridized carbons (Fsp3) is 0.794. The summed E-state index contributed by atoms with van der Waals surface area (Å²) in [7, 11) is -4.08. The molecule has 10 atom stereocenters. The number of rotatable bonds is 5. The number of aliphatic hydroxyl groups is 2. The van der Waals surface area contributed by atoms with Crippen LogP contribution in [0.25, 0.3) is 0 Å². The number of ether oxygens (including phenoxy) is 2. The van der Waals surface area contributed by atoms with Gasteiger partial charge in [0.05, 0.1) is 23.7 Å². The van der Waals surface area contributed by atoms with E-state index in [1.807, 2.05) is 13.8 Å². The Bertz CT molecular complexity index is 1350. The van der Waals surface area contributed by atoms with E-state index >= 15 is 0 Å². The van der Waals surface area contributed by atoms with Crippen LogP contribution in [0.4, 0.5) is 4.79 Å². The first-order valence-corrected chi connectivity index (χ1v) is 18.0. The first kappa shape index (κ1) is 31.2. The molecule has 0 saturated heterocycles. The molecular weight excluding hydrogens is 566 g/mol. The molecule has 0 radical (unpaired) electrons. The lowest BCUT2D eigenvalue weighted by molar-refractivity contribution is -0.174. The number of sulfonamides is 1. The first-order valence-electron chi connectivity index (χ1n) is 16.5. The number of carbonyl (C=O) groups excluding carboxylic acids is 1. The third kappa shape index (κ3) is 5.50. The fourth-order valence-corrected chi connectivity index (χ4v) is 11.4. The SMILES string of the molecule is C[C@H](COC(=O)NS(=O)(=O)c1ccc2c(c1)CCC(C)(C)O2)C1CC[C@H]2[C@@H]3[C@H](O)CC4C[C@H](O)CCC4(C)[C@H]3CCC12C. The molecule has 4 fully saturated rings. The summed E-state index contributed by atoms with van der Waals surface area (Å²) in [4.78, 5) is 12.7. The molecule has 3 N–H and O–H groups in total. The maximum absolute atomic E-state index is 13.0. The molecule has 6 rings (SSSR count). The summed E-state index contributed by atoms with van der Waals surface area (Å²) in [6, 6.07) is 4.70. The second kappa shape index (κ2) is 10.9. The van der Waals surface area contributed by atoms with Gasteiger partial charge in [0.15, 0.2) is 0 Å². The number of aliphatic hydroxyl groups excluding tert-OH is 2. The number of hydrogen-bond donors (Lipinski definition) is 3. The van der Waals surface area contributed by atoms with Crippen LogP contribution in [0.5, 0.6) is 5.75 Å². The number of aryl methyl sites for hydroxylation is 1. The van der Waals surface area contributed by atoms with Gasteiger partial charge in [-0.25, -0.2) is 17.9 Å². The number of nitrogens with one attached hydrogen (secondary N) is 1. The van der Waals surface area contributed by atoms with E-state index in [0.717, 1.165) is 63.4 Å². The minimum Gasteiger partial charge on any atom is -0.488 e. The van der Waals surface area contributed by atoms with Crippen molar-refractivity contribution in [2.75, 3.05) is 6.61 Å². The van der Waals surface area contributed by atoms with Crippen molar-refractivity contribution in [3.05, 3.63) is 23.8 Å². The van der Waals surface area contributed by atoms with Crippen LogP contribution in [0.15, 0.2) is 23.1 Å². The van der Waals surface area contributed by atoms with Crippen LogP contribution in [-0.4, -0.2) is 49.1 Å². The summed E-state index contributed by atoms with van der Waals surface area (Å²) < 4.78 is 39.6. The summed E-state index contributed by atoms with van der Waals surface area (Å²) in [6.07, 6.45) is 7.73. The Hall–Kier alpha value is -1.84. The highest BCUT2D eigenvalue weighted by Crippen LogP contribution is 2.68. The zero-order valence-electron chi connectivity index (χ0n) is 26.5. The zero-order valence-corrected chi connectivity index (χ0v) is 27.3. The van der Waals surface area contributed by atoms with Crippen molar-refractivity contribution in [2.24, 2.45) is 46.3 Å². The molecule has 4 unspecified atom stereocenters. The van der Waals surface area contributed by atoms with Gasteiger partial charge in [0.25, 0.3) is 10.0 Å². The van der Waals surface area contributed by atoms with Crippen molar-refractivity contribution in [2.45, 2.75) is 122 Å². The van der Waals surface area contributed by atoms with Crippen molar-refractivity contribution >= 4 is 16.1 Å². The van der Waals surface area contributed by atoms with Gasteiger partial charge < -0.3 is 19.7 Å². The van der Waals surface area contributed by atoms with E-state index in [1.54, 1.807) is 12.1 Å². The number of carbonyl (C=O) groups is 1. The minimum atomic E-state index is -4.08. The standard InChI is InChI=1S/C34H51NO7S/c1-20(19-41-31(38)35-43(39,40)24-6-9-29-21(16-24)10-13-32(2,3)42-29)25-7-8-26-30-27(12-15-34(25,26)5)33(4)14-11-23(36)17-22(33)18-28(30)37/h6,9,16,20,22-23,25-28,30,36-37H,7-8,10-15,17-19H2,1-5H3,(H,35,38)/t20-,22?,23-,25?,26+,27+,28-,30+,33?,34?/m1/s1. The van der Waals surface area contributed by atoms with Crippen LogP contribution in [0, 0.1) is 46.3 Å². The molecule has 0 spiro atoms. The summed E-state index contributed by atoms with van der Waals surface area (Å²) in [5.41, 5.74) is 0.753. The van der Waals surface area contributed by atoms with E-state index in [-0.39, 0.29) is 52.0 Å². The molecule has 5 aliphatic rings. The Kier molecular flexibility index (Phi) is 7.90.